The first-order chi connectivity index (χ1) is 16.4. The highest BCUT2D eigenvalue weighted by molar-refractivity contribution is 6.04. The molecule has 3 rings (SSSR count). The summed E-state index contributed by atoms with van der Waals surface area (Å²) in [6.07, 6.45) is 2.86. The van der Waals surface area contributed by atoms with Crippen LogP contribution in [0.25, 0.3) is 6.08 Å². The molecule has 34 heavy (non-hydrogen) atoms. The van der Waals surface area contributed by atoms with Crippen molar-refractivity contribution in [1.82, 2.24) is 10.9 Å². The van der Waals surface area contributed by atoms with E-state index in [1.165, 1.54) is 13.2 Å². The van der Waals surface area contributed by atoms with Gasteiger partial charge in [0.25, 0.3) is 17.7 Å². The van der Waals surface area contributed by atoms with Gasteiger partial charge in [-0.15, -0.1) is 0 Å². The third kappa shape index (κ3) is 6.46. The molecule has 174 valence electrons. The summed E-state index contributed by atoms with van der Waals surface area (Å²) in [5, 5.41) is 2.78. The molecule has 0 unspecified atom stereocenters. The minimum atomic E-state index is -0.509. The van der Waals surface area contributed by atoms with Gasteiger partial charge in [-0.1, -0.05) is 23.8 Å². The highest BCUT2D eigenvalue weighted by Crippen LogP contribution is 2.27. The van der Waals surface area contributed by atoms with Crippen molar-refractivity contribution < 1.29 is 23.9 Å². The van der Waals surface area contributed by atoms with Gasteiger partial charge in [0.05, 0.1) is 14.2 Å². The molecule has 0 aliphatic rings. The molecule has 0 saturated carbocycles. The summed E-state index contributed by atoms with van der Waals surface area (Å²) in [5.41, 5.74) is 7.79. The molecule has 0 atom stereocenters. The number of amides is 3. The number of ether oxygens (including phenoxy) is 2. The fourth-order valence-electron chi connectivity index (χ4n) is 3.06. The first-order valence-corrected chi connectivity index (χ1v) is 10.4. The van der Waals surface area contributed by atoms with Crippen LogP contribution in [-0.4, -0.2) is 31.9 Å². The molecular weight excluding hydrogens is 434 g/mol. The third-order valence-corrected chi connectivity index (χ3v) is 4.82. The number of hydrogen-bond donors (Lipinski definition) is 3. The zero-order valence-corrected chi connectivity index (χ0v) is 19.0. The molecule has 0 bridgehead atoms. The number of hydrazine groups is 1. The fraction of sp³-hybridized carbons (Fsp3) is 0.115. The Labute approximate surface area is 197 Å². The summed E-state index contributed by atoms with van der Waals surface area (Å²) < 4.78 is 10.4. The molecule has 0 aliphatic heterocycles. The van der Waals surface area contributed by atoms with Crippen LogP contribution >= 0.6 is 0 Å². The van der Waals surface area contributed by atoms with Crippen LogP contribution in [-0.2, 0) is 4.79 Å². The van der Waals surface area contributed by atoms with Gasteiger partial charge in [-0.3, -0.25) is 25.2 Å². The van der Waals surface area contributed by atoms with Crippen LogP contribution in [0.15, 0.2) is 72.8 Å². The van der Waals surface area contributed by atoms with Crippen LogP contribution in [0.4, 0.5) is 5.69 Å². The van der Waals surface area contributed by atoms with Crippen molar-refractivity contribution in [3.8, 4) is 11.5 Å². The van der Waals surface area contributed by atoms with Crippen molar-refractivity contribution in [3.05, 3.63) is 95.1 Å². The summed E-state index contributed by atoms with van der Waals surface area (Å²) in [6, 6.07) is 18.8. The Bertz CT molecular complexity index is 1220. The van der Waals surface area contributed by atoms with Gasteiger partial charge < -0.3 is 14.8 Å². The van der Waals surface area contributed by atoms with Crippen molar-refractivity contribution in [2.75, 3.05) is 19.5 Å². The molecule has 3 N–H and O–H groups in total. The van der Waals surface area contributed by atoms with Crippen LogP contribution in [0.1, 0.15) is 31.8 Å². The quantitative estimate of drug-likeness (QED) is 0.369. The number of benzene rings is 3. The van der Waals surface area contributed by atoms with E-state index in [9.17, 15) is 14.4 Å². The maximum absolute atomic E-state index is 12.3. The van der Waals surface area contributed by atoms with Gasteiger partial charge in [0, 0.05) is 22.9 Å². The number of nitrogens with one attached hydrogen (secondary N) is 3. The van der Waals surface area contributed by atoms with Gasteiger partial charge in [0.2, 0.25) is 0 Å². The topological polar surface area (TPSA) is 106 Å². The van der Waals surface area contributed by atoms with Gasteiger partial charge in [0.1, 0.15) is 0 Å². The van der Waals surface area contributed by atoms with Crippen molar-refractivity contribution in [1.29, 1.82) is 0 Å². The molecule has 3 aromatic carbocycles. The SMILES string of the molecule is COc1ccc(C=CC(=O)NNC(=O)c2ccc(NC(=O)c3cccc(C)c3)cc2)cc1OC. The molecular formula is C26H25N3O5. The Morgan fingerprint density at radius 2 is 1.50 bits per heavy atom. The van der Waals surface area contributed by atoms with Crippen LogP contribution < -0.4 is 25.6 Å². The molecule has 8 nitrogen and oxygen atoms in total. The van der Waals surface area contributed by atoms with Crippen molar-refractivity contribution in [3.63, 3.8) is 0 Å². The number of aryl methyl sites for hydroxylation is 1. The Hall–Kier alpha value is -4.59. The summed E-state index contributed by atoms with van der Waals surface area (Å²) in [6.45, 7) is 1.91. The third-order valence-electron chi connectivity index (χ3n) is 4.82. The molecule has 0 saturated heterocycles. The van der Waals surface area contributed by atoms with Gasteiger partial charge in [-0.2, -0.15) is 0 Å². The number of methoxy groups -OCH3 is 2. The molecule has 0 fully saturated rings. The standard InChI is InChI=1S/C26H25N3O5/c1-17-5-4-6-20(15-17)25(31)27-21-11-9-19(10-12-21)26(32)29-28-24(30)14-8-18-7-13-22(33-2)23(16-18)34-3/h4-16H,1-3H3,(H,27,31)(H,28,30)(H,29,32). The number of hydrogen-bond acceptors (Lipinski definition) is 5. The van der Waals surface area contributed by atoms with Gasteiger partial charge in [-0.25, -0.2) is 0 Å². The van der Waals surface area contributed by atoms with Crippen LogP contribution in [0.3, 0.4) is 0 Å². The number of rotatable bonds is 7. The van der Waals surface area contributed by atoms with Crippen LogP contribution in [0.2, 0.25) is 0 Å². The van der Waals surface area contributed by atoms with E-state index in [0.717, 1.165) is 11.1 Å². The number of anilines is 1. The predicted octanol–water partition coefficient (Wildman–Crippen LogP) is 3.74. The van der Waals surface area contributed by atoms with Crippen LogP contribution in [0, 0.1) is 6.92 Å². The lowest BCUT2D eigenvalue weighted by Gasteiger charge is -2.08. The molecule has 0 aromatic heterocycles. The van der Waals surface area contributed by atoms with E-state index in [4.69, 9.17) is 9.47 Å². The van der Waals surface area contributed by atoms with Crippen molar-refractivity contribution in [2.24, 2.45) is 0 Å². The Kier molecular flexibility index (Phi) is 8.02. The summed E-state index contributed by atoms with van der Waals surface area (Å²) >= 11 is 0. The molecule has 0 spiro atoms. The lowest BCUT2D eigenvalue weighted by Crippen LogP contribution is -2.40. The highest BCUT2D eigenvalue weighted by atomic mass is 16.5. The average Bonchev–Trinajstić information content (AvgIpc) is 2.86. The number of carbonyl (C=O) groups is 3. The highest BCUT2D eigenvalue weighted by Gasteiger charge is 2.09. The van der Waals surface area contributed by atoms with E-state index >= 15 is 0 Å². The van der Waals surface area contributed by atoms with E-state index in [0.29, 0.717) is 28.3 Å². The summed E-state index contributed by atoms with van der Waals surface area (Å²) in [7, 11) is 3.07. The largest absolute Gasteiger partial charge is 0.493 e. The first-order valence-electron chi connectivity index (χ1n) is 10.4. The second kappa shape index (κ2) is 11.3. The number of carbonyl (C=O) groups excluding carboxylic acids is 3. The first kappa shape index (κ1) is 24.1. The second-order valence-electron chi connectivity index (χ2n) is 7.29. The van der Waals surface area contributed by atoms with E-state index in [1.807, 2.05) is 19.1 Å². The summed E-state index contributed by atoms with van der Waals surface area (Å²) in [4.78, 5) is 36.7. The van der Waals surface area contributed by atoms with Crippen molar-refractivity contribution >= 4 is 29.5 Å². The second-order valence-corrected chi connectivity index (χ2v) is 7.29. The maximum atomic E-state index is 12.3. The summed E-state index contributed by atoms with van der Waals surface area (Å²) in [5.74, 6) is -0.127. The Morgan fingerprint density at radius 1 is 0.765 bits per heavy atom. The molecule has 0 aliphatic carbocycles. The minimum absolute atomic E-state index is 0.241. The Balaban J connectivity index is 1.52. The molecule has 0 radical (unpaired) electrons. The van der Waals surface area contributed by atoms with Gasteiger partial charge in [-0.05, 0) is 67.1 Å². The monoisotopic (exact) mass is 459 g/mol. The predicted molar refractivity (Wildman–Crippen MR) is 130 cm³/mol. The van der Waals surface area contributed by atoms with E-state index in [2.05, 4.69) is 16.2 Å². The van der Waals surface area contributed by atoms with Crippen LogP contribution in [0.5, 0.6) is 11.5 Å². The molecule has 8 heteroatoms. The fourth-order valence-corrected chi connectivity index (χ4v) is 3.06. The molecule has 3 amide bonds. The van der Waals surface area contributed by atoms with Gasteiger partial charge in [0.15, 0.2) is 11.5 Å². The molecule has 3 aromatic rings. The van der Waals surface area contributed by atoms with E-state index in [1.54, 1.807) is 67.8 Å². The van der Waals surface area contributed by atoms with Crippen molar-refractivity contribution in [2.45, 2.75) is 6.92 Å². The molecule has 0 heterocycles. The lowest BCUT2D eigenvalue weighted by molar-refractivity contribution is -0.117. The normalized spacial score (nSPS) is 10.4. The smallest absolute Gasteiger partial charge is 0.269 e. The average molecular weight is 460 g/mol. The maximum Gasteiger partial charge on any atom is 0.269 e. The zero-order chi connectivity index (χ0) is 24.5. The van der Waals surface area contributed by atoms with E-state index in [-0.39, 0.29) is 5.91 Å². The lowest BCUT2D eigenvalue weighted by atomic mass is 10.1. The minimum Gasteiger partial charge on any atom is -0.493 e. The van der Waals surface area contributed by atoms with E-state index < -0.39 is 11.8 Å². The zero-order valence-electron chi connectivity index (χ0n) is 19.0. The Morgan fingerprint density at radius 3 is 2.18 bits per heavy atom. The van der Waals surface area contributed by atoms with Gasteiger partial charge >= 0.3 is 0 Å².